The predicted octanol–water partition coefficient (Wildman–Crippen LogP) is 1.60. The molecule has 1 aliphatic rings. The number of halogens is 2. The fraction of sp³-hybridized carbons (Fsp3) is 0.174. The quantitative estimate of drug-likeness (QED) is 0.613. The van der Waals surface area contributed by atoms with Crippen LogP contribution in [0.5, 0.6) is 0 Å². The third-order valence-corrected chi connectivity index (χ3v) is 5.33. The third-order valence-electron chi connectivity index (χ3n) is 5.33. The Morgan fingerprint density at radius 3 is 2.58 bits per heavy atom. The van der Waals surface area contributed by atoms with E-state index in [1.54, 1.807) is 11.2 Å². The molecular weight excluding hydrogens is 432 g/mol. The van der Waals surface area contributed by atoms with Crippen LogP contribution in [0.1, 0.15) is 15.9 Å². The number of nitrogens with zero attached hydrogens (tertiary/aromatic N) is 3. The Hall–Kier alpha value is -4.21. The Morgan fingerprint density at radius 2 is 1.85 bits per heavy atom. The van der Waals surface area contributed by atoms with Gasteiger partial charge in [0.25, 0.3) is 11.5 Å². The molecule has 8 nitrogen and oxygen atoms in total. The second-order valence-corrected chi connectivity index (χ2v) is 7.67. The van der Waals surface area contributed by atoms with Gasteiger partial charge in [0.15, 0.2) is 11.6 Å². The summed E-state index contributed by atoms with van der Waals surface area (Å²) in [6.45, 7) is 0.0458. The Bertz CT molecular complexity index is 1440. The summed E-state index contributed by atoms with van der Waals surface area (Å²) in [6.07, 6.45) is 5.40. The molecule has 2 aromatic carbocycles. The zero-order valence-corrected chi connectivity index (χ0v) is 17.9. The molecule has 0 saturated heterocycles. The van der Waals surface area contributed by atoms with Gasteiger partial charge < -0.3 is 10.7 Å². The molecule has 3 aromatic rings. The number of nitrogens with one attached hydrogen (secondary N) is 2. The summed E-state index contributed by atoms with van der Waals surface area (Å²) >= 11 is 0. The third kappa shape index (κ3) is 4.40. The van der Waals surface area contributed by atoms with Gasteiger partial charge in [-0.1, -0.05) is 6.07 Å². The number of hydrazine groups is 1. The van der Waals surface area contributed by atoms with Gasteiger partial charge in [-0.15, -0.1) is 0 Å². The van der Waals surface area contributed by atoms with Gasteiger partial charge in [-0.05, 0) is 47.5 Å². The topological polar surface area (TPSA) is 88.4 Å². The second kappa shape index (κ2) is 8.73. The second-order valence-electron chi connectivity index (χ2n) is 7.67. The van der Waals surface area contributed by atoms with Gasteiger partial charge in [-0.25, -0.2) is 13.6 Å². The first kappa shape index (κ1) is 22.0. The molecule has 4 rings (SSSR count). The number of hydrogen-bond donors (Lipinski definition) is 2. The molecule has 33 heavy (non-hydrogen) atoms. The van der Waals surface area contributed by atoms with Crippen molar-refractivity contribution in [1.82, 2.24) is 24.9 Å². The molecule has 1 amide bonds. The number of rotatable bonds is 5. The molecule has 0 saturated carbocycles. The maximum absolute atomic E-state index is 13.6. The van der Waals surface area contributed by atoms with E-state index in [-0.39, 0.29) is 35.5 Å². The van der Waals surface area contributed by atoms with E-state index < -0.39 is 22.9 Å². The van der Waals surface area contributed by atoms with Gasteiger partial charge in [-0.2, -0.15) is 0 Å². The Balaban J connectivity index is 1.67. The number of carbonyl (C=O) groups is 1. The molecule has 170 valence electrons. The molecule has 0 atom stereocenters. The Labute approximate surface area is 187 Å². The van der Waals surface area contributed by atoms with Crippen LogP contribution in [0.3, 0.4) is 0 Å². The number of aryl methyl sites for hydroxylation is 1. The minimum absolute atomic E-state index is 0.160. The van der Waals surface area contributed by atoms with Crippen molar-refractivity contribution in [2.24, 2.45) is 7.05 Å². The maximum atomic E-state index is 13.6. The number of fused-ring (bicyclic) bond motifs is 1. The summed E-state index contributed by atoms with van der Waals surface area (Å²) in [4.78, 5) is 38.5. The van der Waals surface area contributed by atoms with E-state index in [9.17, 15) is 23.2 Å². The molecule has 0 fully saturated rings. The van der Waals surface area contributed by atoms with Crippen molar-refractivity contribution in [3.05, 3.63) is 104 Å². The van der Waals surface area contributed by atoms with Crippen LogP contribution in [0.25, 0.3) is 10.9 Å². The molecule has 10 heteroatoms. The van der Waals surface area contributed by atoms with E-state index in [2.05, 4.69) is 10.7 Å². The number of amides is 1. The van der Waals surface area contributed by atoms with Crippen LogP contribution >= 0.6 is 0 Å². The molecule has 2 N–H and O–H groups in total. The molecule has 0 bridgehead atoms. The lowest BCUT2D eigenvalue weighted by atomic mass is 10.1. The van der Waals surface area contributed by atoms with Gasteiger partial charge in [-0.3, -0.25) is 23.7 Å². The van der Waals surface area contributed by atoms with Crippen LogP contribution in [0.2, 0.25) is 0 Å². The summed E-state index contributed by atoms with van der Waals surface area (Å²) in [5.41, 5.74) is 3.47. The molecule has 1 aliphatic heterocycles. The predicted molar refractivity (Wildman–Crippen MR) is 119 cm³/mol. The average Bonchev–Trinajstić information content (AvgIpc) is 2.80. The highest BCUT2D eigenvalue weighted by Crippen LogP contribution is 2.13. The van der Waals surface area contributed by atoms with Crippen LogP contribution in [0.15, 0.2) is 70.0 Å². The smallest absolute Gasteiger partial charge is 0.331 e. The zero-order chi connectivity index (χ0) is 23.7. The summed E-state index contributed by atoms with van der Waals surface area (Å²) < 4.78 is 29.0. The normalized spacial score (nSPS) is 13.1. The van der Waals surface area contributed by atoms with Crippen molar-refractivity contribution in [2.75, 3.05) is 13.6 Å². The van der Waals surface area contributed by atoms with E-state index in [1.807, 2.05) is 19.3 Å². The molecule has 1 aromatic heterocycles. The first-order chi connectivity index (χ1) is 15.7. The SMILES string of the molecule is CN1C=C(CNC(=O)c2ccc3c(c2)c(=O)n(Cc2ccc(F)c(F)c2)c(=O)n3C)C=CN1. The summed E-state index contributed by atoms with van der Waals surface area (Å²) in [5.74, 6) is -2.47. The molecule has 0 spiro atoms. The van der Waals surface area contributed by atoms with Crippen LogP contribution in [-0.2, 0) is 13.6 Å². The number of aromatic nitrogens is 2. The van der Waals surface area contributed by atoms with Crippen LogP contribution in [-0.4, -0.2) is 33.6 Å². The number of carbonyl (C=O) groups excluding carboxylic acids is 1. The van der Waals surface area contributed by atoms with E-state index in [1.165, 1.54) is 35.9 Å². The largest absolute Gasteiger partial charge is 0.348 e. The summed E-state index contributed by atoms with van der Waals surface area (Å²) in [6, 6.07) is 7.68. The first-order valence-electron chi connectivity index (χ1n) is 10.1. The van der Waals surface area contributed by atoms with E-state index in [4.69, 9.17) is 0 Å². The van der Waals surface area contributed by atoms with Gasteiger partial charge >= 0.3 is 5.69 Å². The molecular formula is C23H21F2N5O3. The van der Waals surface area contributed by atoms with Crippen molar-refractivity contribution in [2.45, 2.75) is 6.54 Å². The van der Waals surface area contributed by atoms with Crippen molar-refractivity contribution in [1.29, 1.82) is 0 Å². The Morgan fingerprint density at radius 1 is 1.06 bits per heavy atom. The van der Waals surface area contributed by atoms with Gasteiger partial charge in [0, 0.05) is 38.6 Å². The highest BCUT2D eigenvalue weighted by molar-refractivity contribution is 5.98. The lowest BCUT2D eigenvalue weighted by molar-refractivity contribution is 0.0957. The maximum Gasteiger partial charge on any atom is 0.331 e. The standard InChI is InChI=1S/C23H21F2N5O3/c1-28-12-15(7-8-27-28)11-26-21(31)16-4-6-20-17(10-16)22(32)30(23(33)29(20)2)13-14-3-5-18(24)19(25)9-14/h3-10,12,27H,11,13H2,1-2H3,(H,26,31). The fourth-order valence-electron chi connectivity index (χ4n) is 3.60. The minimum Gasteiger partial charge on any atom is -0.348 e. The van der Waals surface area contributed by atoms with Gasteiger partial charge in [0.1, 0.15) is 0 Å². The highest BCUT2D eigenvalue weighted by atomic mass is 19.2. The van der Waals surface area contributed by atoms with Crippen LogP contribution in [0, 0.1) is 11.6 Å². The van der Waals surface area contributed by atoms with Crippen molar-refractivity contribution in [3.8, 4) is 0 Å². The van der Waals surface area contributed by atoms with E-state index in [0.717, 1.165) is 22.3 Å². The van der Waals surface area contributed by atoms with E-state index >= 15 is 0 Å². The number of benzene rings is 2. The monoisotopic (exact) mass is 453 g/mol. The highest BCUT2D eigenvalue weighted by Gasteiger charge is 2.15. The van der Waals surface area contributed by atoms with Crippen LogP contribution < -0.4 is 22.0 Å². The summed E-state index contributed by atoms with van der Waals surface area (Å²) in [7, 11) is 3.32. The molecule has 2 heterocycles. The van der Waals surface area contributed by atoms with Gasteiger partial charge in [0.2, 0.25) is 0 Å². The first-order valence-corrected chi connectivity index (χ1v) is 10.1. The van der Waals surface area contributed by atoms with Crippen LogP contribution in [0.4, 0.5) is 8.78 Å². The molecule has 0 radical (unpaired) electrons. The van der Waals surface area contributed by atoms with Crippen molar-refractivity contribution < 1.29 is 13.6 Å². The van der Waals surface area contributed by atoms with E-state index in [0.29, 0.717) is 5.52 Å². The number of hydrogen-bond acceptors (Lipinski definition) is 5. The lowest BCUT2D eigenvalue weighted by Gasteiger charge is -2.19. The zero-order valence-electron chi connectivity index (χ0n) is 17.9. The van der Waals surface area contributed by atoms with Crippen molar-refractivity contribution >= 4 is 16.8 Å². The lowest BCUT2D eigenvalue weighted by Crippen LogP contribution is -2.39. The average molecular weight is 453 g/mol. The fourth-order valence-corrected chi connectivity index (χ4v) is 3.60. The van der Waals surface area contributed by atoms with Gasteiger partial charge in [0.05, 0.1) is 17.4 Å². The Kier molecular flexibility index (Phi) is 5.82. The van der Waals surface area contributed by atoms with Crippen molar-refractivity contribution in [3.63, 3.8) is 0 Å². The molecule has 0 unspecified atom stereocenters. The minimum atomic E-state index is -1.07. The molecule has 0 aliphatic carbocycles. The summed E-state index contributed by atoms with van der Waals surface area (Å²) in [5, 5.41) is 4.70.